The van der Waals surface area contributed by atoms with Crippen LogP contribution in [0.2, 0.25) is 0 Å². The van der Waals surface area contributed by atoms with Gasteiger partial charge in [0, 0.05) is 38.2 Å². The Morgan fingerprint density at radius 3 is 2.52 bits per heavy atom. The summed E-state index contributed by atoms with van der Waals surface area (Å²) in [5, 5.41) is 18.9. The van der Waals surface area contributed by atoms with Gasteiger partial charge in [-0.3, -0.25) is 23.9 Å². The molecule has 0 radical (unpaired) electrons. The summed E-state index contributed by atoms with van der Waals surface area (Å²) >= 11 is 6.62. The van der Waals surface area contributed by atoms with E-state index in [4.69, 9.17) is 17.3 Å². The van der Waals surface area contributed by atoms with Gasteiger partial charge in [0.2, 0.25) is 0 Å². The fourth-order valence-corrected chi connectivity index (χ4v) is 6.71. The van der Waals surface area contributed by atoms with Crippen LogP contribution < -0.4 is 10.5 Å². The maximum absolute atomic E-state index is 13.5. The SMILES string of the molecule is CCCn1c(N2CCC(Cc3ccccc3)CC2)c(/C=C2/SC(=S)N(CCCC(=O)O)C2=O)c(C)c(C#N)c1=O. The third kappa shape index (κ3) is 6.48. The van der Waals surface area contributed by atoms with E-state index >= 15 is 0 Å². The number of aromatic nitrogens is 1. The molecule has 8 nitrogen and oxygen atoms in total. The van der Waals surface area contributed by atoms with Crippen LogP contribution in [0.15, 0.2) is 40.0 Å². The molecule has 210 valence electrons. The van der Waals surface area contributed by atoms with Crippen molar-refractivity contribution in [2.24, 2.45) is 5.92 Å². The first-order valence-electron chi connectivity index (χ1n) is 13.7. The van der Waals surface area contributed by atoms with Gasteiger partial charge in [-0.2, -0.15) is 5.26 Å². The minimum Gasteiger partial charge on any atom is -0.481 e. The van der Waals surface area contributed by atoms with Crippen molar-refractivity contribution in [1.82, 2.24) is 9.47 Å². The summed E-state index contributed by atoms with van der Waals surface area (Å²) in [5.41, 5.74) is 2.35. The van der Waals surface area contributed by atoms with Crippen molar-refractivity contribution < 1.29 is 14.7 Å². The lowest BCUT2D eigenvalue weighted by molar-refractivity contribution is -0.137. The number of hydrogen-bond acceptors (Lipinski definition) is 7. The van der Waals surface area contributed by atoms with Gasteiger partial charge in [-0.25, -0.2) is 0 Å². The second kappa shape index (κ2) is 13.3. The van der Waals surface area contributed by atoms with Crippen molar-refractivity contribution in [3.05, 3.63) is 67.8 Å². The zero-order valence-corrected chi connectivity index (χ0v) is 24.5. The van der Waals surface area contributed by atoms with E-state index in [1.54, 1.807) is 17.6 Å². The van der Waals surface area contributed by atoms with Crippen LogP contribution in [0.25, 0.3) is 6.08 Å². The summed E-state index contributed by atoms with van der Waals surface area (Å²) in [5.74, 6) is 0.0858. The van der Waals surface area contributed by atoms with E-state index in [-0.39, 0.29) is 30.0 Å². The van der Waals surface area contributed by atoms with E-state index in [0.29, 0.717) is 39.2 Å². The number of pyridine rings is 1. The highest BCUT2D eigenvalue weighted by Crippen LogP contribution is 2.37. The van der Waals surface area contributed by atoms with E-state index in [1.165, 1.54) is 22.2 Å². The number of carboxylic acids is 1. The third-order valence-corrected chi connectivity index (χ3v) is 8.87. The molecule has 0 atom stereocenters. The number of carboxylic acid groups (broad SMARTS) is 1. The molecule has 0 saturated carbocycles. The molecule has 4 rings (SSSR count). The zero-order chi connectivity index (χ0) is 28.8. The minimum atomic E-state index is -0.920. The summed E-state index contributed by atoms with van der Waals surface area (Å²) in [4.78, 5) is 41.8. The van der Waals surface area contributed by atoms with Crippen LogP contribution in [-0.2, 0) is 22.6 Å². The number of aliphatic carboxylic acids is 1. The van der Waals surface area contributed by atoms with E-state index in [0.717, 1.165) is 44.6 Å². The van der Waals surface area contributed by atoms with Crippen LogP contribution in [0, 0.1) is 24.2 Å². The number of rotatable bonds is 10. The number of hydrogen-bond donors (Lipinski definition) is 1. The summed E-state index contributed by atoms with van der Waals surface area (Å²) in [6.45, 7) is 5.99. The molecule has 2 aliphatic rings. The monoisotopic (exact) mass is 578 g/mol. The molecule has 1 N–H and O–H groups in total. The molecule has 3 heterocycles. The van der Waals surface area contributed by atoms with Gasteiger partial charge in [0.05, 0.1) is 4.91 Å². The first kappa shape index (κ1) is 29.6. The molecule has 1 aromatic heterocycles. The molecule has 40 heavy (non-hydrogen) atoms. The first-order valence-corrected chi connectivity index (χ1v) is 14.9. The van der Waals surface area contributed by atoms with Gasteiger partial charge in [-0.15, -0.1) is 0 Å². The highest BCUT2D eigenvalue weighted by atomic mass is 32.2. The van der Waals surface area contributed by atoms with Crippen molar-refractivity contribution in [1.29, 1.82) is 5.26 Å². The maximum Gasteiger partial charge on any atom is 0.303 e. The number of carbonyl (C=O) groups excluding carboxylic acids is 1. The summed E-state index contributed by atoms with van der Waals surface area (Å²) < 4.78 is 2.08. The molecule has 10 heteroatoms. The lowest BCUT2D eigenvalue weighted by atomic mass is 9.90. The predicted molar refractivity (Wildman–Crippen MR) is 162 cm³/mol. The van der Waals surface area contributed by atoms with Crippen molar-refractivity contribution in [3.8, 4) is 6.07 Å². The van der Waals surface area contributed by atoms with Crippen LogP contribution in [0.4, 0.5) is 5.82 Å². The number of piperidine rings is 1. The van der Waals surface area contributed by atoms with Crippen molar-refractivity contribution in [2.45, 2.75) is 58.9 Å². The molecule has 1 aromatic carbocycles. The van der Waals surface area contributed by atoms with Gasteiger partial charge < -0.3 is 10.0 Å². The lowest BCUT2D eigenvalue weighted by Crippen LogP contribution is -2.40. The highest BCUT2D eigenvalue weighted by Gasteiger charge is 2.33. The lowest BCUT2D eigenvalue weighted by Gasteiger charge is -2.36. The molecular formula is C30H34N4O4S2. The zero-order valence-electron chi connectivity index (χ0n) is 22.9. The van der Waals surface area contributed by atoms with Crippen molar-refractivity contribution in [3.63, 3.8) is 0 Å². The summed E-state index contributed by atoms with van der Waals surface area (Å²) in [6.07, 6.45) is 5.70. The molecule has 2 saturated heterocycles. The van der Waals surface area contributed by atoms with Crippen LogP contribution >= 0.6 is 24.0 Å². The van der Waals surface area contributed by atoms with Gasteiger partial charge in [-0.1, -0.05) is 61.2 Å². The third-order valence-electron chi connectivity index (χ3n) is 7.50. The Morgan fingerprint density at radius 1 is 1.20 bits per heavy atom. The Bertz CT molecular complexity index is 1420. The second-order valence-corrected chi connectivity index (χ2v) is 11.9. The van der Waals surface area contributed by atoms with E-state index in [9.17, 15) is 19.6 Å². The maximum atomic E-state index is 13.5. The second-order valence-electron chi connectivity index (χ2n) is 10.3. The van der Waals surface area contributed by atoms with Crippen LogP contribution in [0.5, 0.6) is 0 Å². The number of nitriles is 1. The van der Waals surface area contributed by atoms with Crippen molar-refractivity contribution in [2.75, 3.05) is 24.5 Å². The predicted octanol–water partition coefficient (Wildman–Crippen LogP) is 4.96. The topological polar surface area (TPSA) is 107 Å². The standard InChI is InChI=1S/C30H34N4O4S2/c1-3-13-33-27(32-15-11-22(12-16-32)17-21-8-5-4-6-9-21)23(20(2)24(19-31)28(33)37)18-25-29(38)34(30(39)40-25)14-7-10-26(35)36/h4-6,8-9,18,22H,3,7,10-17H2,1-2H3,(H,35,36)/b25-18+. The normalized spacial score (nSPS) is 17.1. The molecule has 0 bridgehead atoms. The van der Waals surface area contributed by atoms with Gasteiger partial charge in [0.15, 0.2) is 0 Å². The number of nitrogens with zero attached hydrogens (tertiary/aromatic N) is 4. The Balaban J connectivity index is 1.69. The molecule has 2 aromatic rings. The number of benzene rings is 1. The summed E-state index contributed by atoms with van der Waals surface area (Å²) in [6, 6.07) is 12.6. The molecule has 0 aliphatic carbocycles. The Morgan fingerprint density at radius 2 is 1.90 bits per heavy atom. The van der Waals surface area contributed by atoms with Crippen molar-refractivity contribution >= 4 is 52.1 Å². The van der Waals surface area contributed by atoms with E-state index < -0.39 is 5.97 Å². The van der Waals surface area contributed by atoms with E-state index in [1.807, 2.05) is 13.0 Å². The van der Waals surface area contributed by atoms with Gasteiger partial charge >= 0.3 is 5.97 Å². The largest absolute Gasteiger partial charge is 0.481 e. The van der Waals surface area contributed by atoms with Crippen LogP contribution in [0.1, 0.15) is 61.3 Å². The smallest absolute Gasteiger partial charge is 0.303 e. The van der Waals surface area contributed by atoms with Gasteiger partial charge in [-0.05, 0) is 62.1 Å². The Kier molecular flexibility index (Phi) is 9.82. The number of anilines is 1. The molecule has 0 spiro atoms. The average Bonchev–Trinajstić information content (AvgIpc) is 3.20. The molecule has 1 amide bonds. The molecular weight excluding hydrogens is 544 g/mol. The fourth-order valence-electron chi connectivity index (χ4n) is 5.42. The number of thioether (sulfide) groups is 1. The number of thiocarbonyl (C=S) groups is 1. The van der Waals surface area contributed by atoms with Gasteiger partial charge in [0.1, 0.15) is 21.8 Å². The molecule has 0 unspecified atom stereocenters. The number of carbonyl (C=O) groups is 2. The molecule has 2 fully saturated rings. The van der Waals surface area contributed by atoms with E-state index in [2.05, 4.69) is 35.2 Å². The van der Waals surface area contributed by atoms with Gasteiger partial charge in [0.25, 0.3) is 11.5 Å². The van der Waals surface area contributed by atoms with Crippen LogP contribution in [0.3, 0.4) is 0 Å². The quantitative estimate of drug-likeness (QED) is 0.311. The highest BCUT2D eigenvalue weighted by molar-refractivity contribution is 8.26. The number of amides is 1. The Hall–Kier alpha value is -3.42. The average molecular weight is 579 g/mol. The first-order chi connectivity index (χ1) is 19.2. The fraction of sp³-hybridized carbons (Fsp3) is 0.433. The van der Waals surface area contributed by atoms with Crippen LogP contribution in [-0.4, -0.2) is 50.4 Å². The summed E-state index contributed by atoms with van der Waals surface area (Å²) in [7, 11) is 0. The Labute approximate surface area is 244 Å². The minimum absolute atomic E-state index is 0.0485. The molecule has 2 aliphatic heterocycles.